The highest BCUT2D eigenvalue weighted by atomic mass is 16.5. The summed E-state index contributed by atoms with van der Waals surface area (Å²) in [5, 5.41) is 25.6. The number of carbonyl (C=O) groups excluding carboxylic acids is 1. The van der Waals surface area contributed by atoms with Crippen LogP contribution in [0.3, 0.4) is 0 Å². The first-order valence-electron chi connectivity index (χ1n) is 7.65. The molecule has 26 heavy (non-hydrogen) atoms. The van der Waals surface area contributed by atoms with Gasteiger partial charge in [0.2, 0.25) is 0 Å². The Bertz CT molecular complexity index is 733. The topological polar surface area (TPSA) is 121 Å². The zero-order valence-electron chi connectivity index (χ0n) is 14.2. The Morgan fingerprint density at radius 3 is 1.50 bits per heavy atom. The van der Waals surface area contributed by atoms with Gasteiger partial charge in [-0.25, -0.2) is 4.79 Å². The Labute approximate surface area is 150 Å². The zero-order chi connectivity index (χ0) is 19.5. The van der Waals surface area contributed by atoms with Crippen LogP contribution in [0.2, 0.25) is 0 Å². The van der Waals surface area contributed by atoms with Crippen LogP contribution in [0.1, 0.15) is 27.0 Å². The van der Waals surface area contributed by atoms with Gasteiger partial charge in [-0.05, 0) is 28.8 Å². The minimum atomic E-state index is -0.893. The Kier molecular flexibility index (Phi) is 8.52. The van der Waals surface area contributed by atoms with Gasteiger partial charge in [-0.1, -0.05) is 36.4 Å². The maximum atomic E-state index is 11.0. The second-order valence-electron chi connectivity index (χ2n) is 5.30. The van der Waals surface area contributed by atoms with E-state index in [0.717, 1.165) is 11.1 Å². The van der Waals surface area contributed by atoms with E-state index < -0.39 is 17.9 Å². The maximum Gasteiger partial charge on any atom is 0.337 e. The first-order valence-corrected chi connectivity index (χ1v) is 7.65. The van der Waals surface area contributed by atoms with Crippen molar-refractivity contribution in [1.29, 1.82) is 0 Å². The number of rotatable bonds is 6. The number of ether oxygens (including phenoxy) is 1. The summed E-state index contributed by atoms with van der Waals surface area (Å²) < 4.78 is 4.50. The van der Waals surface area contributed by atoms with E-state index in [4.69, 9.17) is 15.3 Å². The lowest BCUT2D eigenvalue weighted by Gasteiger charge is -2.00. The first kappa shape index (κ1) is 20.9. The third-order valence-electron chi connectivity index (χ3n) is 3.29. The Balaban J connectivity index is 0.000000263. The predicted octanol–water partition coefficient (Wildman–Crippen LogP) is 1.91. The standard InChI is InChI=1S/C10H10O4.C9H10O3/c1-14-10(13)8-4-2-7(3-5-8)6-9(11)12;10-6-8-3-1-7(2-4-8)5-9(11)12/h2-5H,6H2,1H3,(H,11,12);1-4,10H,5-6H2,(H,11,12). The molecular formula is C19H20O7. The second-order valence-corrected chi connectivity index (χ2v) is 5.30. The molecule has 0 bridgehead atoms. The van der Waals surface area contributed by atoms with Crippen molar-refractivity contribution >= 4 is 17.9 Å². The SMILES string of the molecule is COC(=O)c1ccc(CC(=O)O)cc1.O=C(O)Cc1ccc(CO)cc1. The van der Waals surface area contributed by atoms with Crippen molar-refractivity contribution < 1.29 is 34.4 Å². The summed E-state index contributed by atoms with van der Waals surface area (Å²) in [5.74, 6) is -2.16. The van der Waals surface area contributed by atoms with Gasteiger partial charge in [0.05, 0.1) is 32.1 Å². The minimum Gasteiger partial charge on any atom is -0.481 e. The van der Waals surface area contributed by atoms with Gasteiger partial charge >= 0.3 is 17.9 Å². The van der Waals surface area contributed by atoms with Crippen LogP contribution < -0.4 is 0 Å². The van der Waals surface area contributed by atoms with Crippen molar-refractivity contribution in [3.05, 3.63) is 70.8 Å². The average Bonchev–Trinajstić information content (AvgIpc) is 2.62. The Morgan fingerprint density at radius 1 is 0.769 bits per heavy atom. The lowest BCUT2D eigenvalue weighted by Crippen LogP contribution is -2.03. The van der Waals surface area contributed by atoms with Crippen molar-refractivity contribution in [3.63, 3.8) is 0 Å². The molecule has 0 saturated carbocycles. The van der Waals surface area contributed by atoms with E-state index >= 15 is 0 Å². The molecule has 0 saturated heterocycles. The number of methoxy groups -OCH3 is 1. The quantitative estimate of drug-likeness (QED) is 0.673. The number of benzene rings is 2. The molecule has 2 aromatic carbocycles. The zero-order valence-corrected chi connectivity index (χ0v) is 14.2. The lowest BCUT2D eigenvalue weighted by molar-refractivity contribution is -0.137. The molecule has 0 atom stereocenters. The maximum absolute atomic E-state index is 11.0. The molecule has 0 amide bonds. The molecule has 0 unspecified atom stereocenters. The molecule has 0 aliphatic heterocycles. The summed E-state index contributed by atoms with van der Waals surface area (Å²) in [5.41, 5.74) is 2.62. The minimum absolute atomic E-state index is 0.00660. The van der Waals surface area contributed by atoms with Crippen LogP contribution in [0.4, 0.5) is 0 Å². The molecule has 2 aromatic rings. The molecule has 0 aliphatic rings. The van der Waals surface area contributed by atoms with E-state index in [-0.39, 0.29) is 19.4 Å². The third kappa shape index (κ3) is 7.59. The van der Waals surface area contributed by atoms with Crippen LogP contribution in [-0.2, 0) is 33.8 Å². The highest BCUT2D eigenvalue weighted by Gasteiger charge is 2.05. The van der Waals surface area contributed by atoms with Crippen molar-refractivity contribution in [2.45, 2.75) is 19.4 Å². The highest BCUT2D eigenvalue weighted by Crippen LogP contribution is 2.06. The van der Waals surface area contributed by atoms with Gasteiger partial charge < -0.3 is 20.1 Å². The number of aliphatic hydroxyl groups excluding tert-OH is 1. The average molecular weight is 360 g/mol. The molecule has 0 radical (unpaired) electrons. The van der Waals surface area contributed by atoms with E-state index in [0.29, 0.717) is 11.1 Å². The van der Waals surface area contributed by atoms with Crippen molar-refractivity contribution in [2.24, 2.45) is 0 Å². The largest absolute Gasteiger partial charge is 0.481 e. The van der Waals surface area contributed by atoms with E-state index in [1.54, 1.807) is 48.5 Å². The van der Waals surface area contributed by atoms with Gasteiger partial charge in [0.25, 0.3) is 0 Å². The number of carbonyl (C=O) groups is 3. The summed E-state index contributed by atoms with van der Waals surface area (Å²) in [7, 11) is 1.30. The van der Waals surface area contributed by atoms with Gasteiger partial charge in [-0.3, -0.25) is 9.59 Å². The second kappa shape index (κ2) is 10.6. The fraction of sp³-hybridized carbons (Fsp3) is 0.211. The van der Waals surface area contributed by atoms with Crippen LogP contribution in [0.25, 0.3) is 0 Å². The molecule has 7 heteroatoms. The highest BCUT2D eigenvalue weighted by molar-refractivity contribution is 5.89. The normalized spacial score (nSPS) is 9.62. The molecular weight excluding hydrogens is 340 g/mol. The van der Waals surface area contributed by atoms with E-state index in [1.165, 1.54) is 7.11 Å². The van der Waals surface area contributed by atoms with Gasteiger partial charge in [0.15, 0.2) is 0 Å². The Hall–Kier alpha value is -3.19. The molecule has 0 heterocycles. The summed E-state index contributed by atoms with van der Waals surface area (Å²) >= 11 is 0. The monoisotopic (exact) mass is 360 g/mol. The van der Waals surface area contributed by atoms with Gasteiger partial charge in [0, 0.05) is 0 Å². The van der Waals surface area contributed by atoms with E-state index in [2.05, 4.69) is 4.74 Å². The number of hydrogen-bond donors (Lipinski definition) is 3. The van der Waals surface area contributed by atoms with Crippen LogP contribution in [-0.4, -0.2) is 40.3 Å². The molecule has 7 nitrogen and oxygen atoms in total. The number of carboxylic acids is 2. The fourth-order valence-electron chi connectivity index (χ4n) is 1.99. The molecule has 0 aromatic heterocycles. The van der Waals surface area contributed by atoms with Crippen LogP contribution in [0.15, 0.2) is 48.5 Å². The van der Waals surface area contributed by atoms with Gasteiger partial charge in [0.1, 0.15) is 0 Å². The van der Waals surface area contributed by atoms with Gasteiger partial charge in [-0.2, -0.15) is 0 Å². The third-order valence-corrected chi connectivity index (χ3v) is 3.29. The van der Waals surface area contributed by atoms with Gasteiger partial charge in [-0.15, -0.1) is 0 Å². The van der Waals surface area contributed by atoms with Crippen molar-refractivity contribution in [2.75, 3.05) is 7.11 Å². The summed E-state index contributed by atoms with van der Waals surface area (Å²) in [4.78, 5) is 31.6. The number of aliphatic hydroxyl groups is 1. The first-order chi connectivity index (χ1) is 12.3. The van der Waals surface area contributed by atoms with Crippen LogP contribution in [0.5, 0.6) is 0 Å². The molecule has 0 aliphatic carbocycles. The summed E-state index contributed by atoms with van der Waals surface area (Å²) in [6.07, 6.45) is -0.00678. The smallest absolute Gasteiger partial charge is 0.337 e. The van der Waals surface area contributed by atoms with Crippen LogP contribution in [0, 0.1) is 0 Å². The fourth-order valence-corrected chi connectivity index (χ4v) is 1.99. The Morgan fingerprint density at radius 2 is 1.15 bits per heavy atom. The number of esters is 1. The molecule has 138 valence electrons. The van der Waals surface area contributed by atoms with E-state index in [9.17, 15) is 14.4 Å². The molecule has 2 rings (SSSR count). The summed E-state index contributed by atoms with van der Waals surface area (Å²) in [6, 6.07) is 13.1. The van der Waals surface area contributed by atoms with Crippen molar-refractivity contribution in [3.8, 4) is 0 Å². The van der Waals surface area contributed by atoms with Crippen molar-refractivity contribution in [1.82, 2.24) is 0 Å². The molecule has 0 spiro atoms. The molecule has 3 N–H and O–H groups in total. The van der Waals surface area contributed by atoms with Crippen LogP contribution >= 0.6 is 0 Å². The number of aliphatic carboxylic acids is 2. The summed E-state index contributed by atoms with van der Waals surface area (Å²) in [6.45, 7) is -0.00660. The lowest BCUT2D eigenvalue weighted by atomic mass is 10.1. The molecule has 0 fully saturated rings. The predicted molar refractivity (Wildman–Crippen MR) is 92.8 cm³/mol. The van der Waals surface area contributed by atoms with E-state index in [1.807, 2.05) is 0 Å². The number of carboxylic acid groups (broad SMARTS) is 2. The number of hydrogen-bond acceptors (Lipinski definition) is 5.